The van der Waals surface area contributed by atoms with Crippen molar-refractivity contribution in [1.82, 2.24) is 4.90 Å². The topological polar surface area (TPSA) is 72.9 Å². The number of esters is 2. The predicted molar refractivity (Wildman–Crippen MR) is 77.8 cm³/mol. The van der Waals surface area contributed by atoms with E-state index >= 15 is 0 Å². The molecule has 0 aromatic carbocycles. The first-order valence-corrected chi connectivity index (χ1v) is 8.55. The number of nitrogens with zero attached hydrogens (tertiary/aromatic N) is 1. The summed E-state index contributed by atoms with van der Waals surface area (Å²) in [5.41, 5.74) is -0.775. The molecule has 4 rings (SSSR count). The molecule has 3 unspecified atom stereocenters. The number of amides is 1. The number of carbonyl (C=O) groups is 3. The summed E-state index contributed by atoms with van der Waals surface area (Å²) in [5.74, 6) is -1.51. The average Bonchev–Trinajstić information content (AvgIpc) is 2.89. The van der Waals surface area contributed by atoms with Crippen LogP contribution < -0.4 is 0 Å². The minimum Gasteiger partial charge on any atom is -0.463 e. The lowest BCUT2D eigenvalue weighted by molar-refractivity contribution is -0.172. The van der Waals surface area contributed by atoms with Gasteiger partial charge in [0.1, 0.15) is 10.4 Å². The molecular formula is C15H17NO5S. The summed E-state index contributed by atoms with van der Waals surface area (Å²) in [6, 6.07) is 0. The fraction of sp³-hybridized carbons (Fsp3) is 0.667. The van der Waals surface area contributed by atoms with Crippen molar-refractivity contribution in [2.75, 3.05) is 13.2 Å². The van der Waals surface area contributed by atoms with Gasteiger partial charge in [-0.1, -0.05) is 6.92 Å². The first-order chi connectivity index (χ1) is 10.5. The quantitative estimate of drug-likeness (QED) is 0.438. The van der Waals surface area contributed by atoms with Crippen molar-refractivity contribution in [2.45, 2.75) is 48.8 Å². The second-order valence-corrected chi connectivity index (χ2v) is 7.40. The lowest BCUT2D eigenvalue weighted by atomic mass is 9.82. The van der Waals surface area contributed by atoms with Crippen LogP contribution in [0.25, 0.3) is 0 Å². The molecule has 4 heterocycles. The van der Waals surface area contributed by atoms with Crippen LogP contribution in [0.1, 0.15) is 33.1 Å². The third kappa shape index (κ3) is 1.41. The van der Waals surface area contributed by atoms with Gasteiger partial charge in [-0.25, -0.2) is 9.59 Å². The maximum atomic E-state index is 12.7. The number of rotatable bonds is 3. The van der Waals surface area contributed by atoms with Crippen LogP contribution in [0.15, 0.2) is 11.1 Å². The molecule has 7 heteroatoms. The Bertz CT molecular complexity index is 644. The smallest absolute Gasteiger partial charge is 0.355 e. The molecular weight excluding hydrogens is 306 g/mol. The maximum Gasteiger partial charge on any atom is 0.355 e. The lowest BCUT2D eigenvalue weighted by Crippen LogP contribution is -2.49. The van der Waals surface area contributed by atoms with Gasteiger partial charge in [0.2, 0.25) is 5.60 Å². The fourth-order valence-corrected chi connectivity index (χ4v) is 5.69. The molecule has 0 saturated carbocycles. The Morgan fingerprint density at radius 1 is 1.45 bits per heavy atom. The van der Waals surface area contributed by atoms with Gasteiger partial charge in [0.25, 0.3) is 5.91 Å². The van der Waals surface area contributed by atoms with Gasteiger partial charge in [0.15, 0.2) is 0 Å². The Labute approximate surface area is 132 Å². The number of ether oxygens (including phenoxy) is 2. The van der Waals surface area contributed by atoms with E-state index < -0.39 is 17.5 Å². The van der Waals surface area contributed by atoms with E-state index in [0.29, 0.717) is 12.1 Å². The molecule has 0 bridgehead atoms. The minimum absolute atomic E-state index is 0.0153. The van der Waals surface area contributed by atoms with Crippen LogP contribution in [0, 0.1) is 0 Å². The molecule has 2 saturated heterocycles. The molecule has 0 aromatic heterocycles. The van der Waals surface area contributed by atoms with Gasteiger partial charge in [-0.2, -0.15) is 0 Å². The Balaban J connectivity index is 1.85. The van der Waals surface area contributed by atoms with Crippen LogP contribution in [0.3, 0.4) is 0 Å². The molecule has 4 aliphatic heterocycles. The van der Waals surface area contributed by atoms with Crippen molar-refractivity contribution in [3.63, 3.8) is 0 Å². The third-order valence-electron chi connectivity index (χ3n) is 5.05. The number of fused-ring (bicyclic) bond motifs is 1. The zero-order valence-electron chi connectivity index (χ0n) is 12.5. The van der Waals surface area contributed by atoms with Crippen molar-refractivity contribution in [3.05, 3.63) is 11.1 Å². The Kier molecular flexibility index (Phi) is 2.74. The lowest BCUT2D eigenvalue weighted by Gasteiger charge is -2.32. The van der Waals surface area contributed by atoms with Gasteiger partial charge < -0.3 is 14.4 Å². The van der Waals surface area contributed by atoms with Crippen LogP contribution in [0.4, 0.5) is 0 Å². The van der Waals surface area contributed by atoms with Crippen LogP contribution in [0.5, 0.6) is 0 Å². The number of cyclic esters (lactones) is 1. The summed E-state index contributed by atoms with van der Waals surface area (Å²) in [5, 5.41) is -0.0153. The second kappa shape index (κ2) is 4.28. The van der Waals surface area contributed by atoms with Gasteiger partial charge in [-0.15, -0.1) is 11.8 Å². The van der Waals surface area contributed by atoms with E-state index in [4.69, 9.17) is 9.47 Å². The summed E-state index contributed by atoms with van der Waals surface area (Å²) in [6.45, 7) is 4.38. The summed E-state index contributed by atoms with van der Waals surface area (Å²) >= 11 is 1.66. The van der Waals surface area contributed by atoms with Crippen molar-refractivity contribution in [3.8, 4) is 0 Å². The molecule has 0 N–H and O–H groups in total. The Hall–Kier alpha value is -1.50. The summed E-state index contributed by atoms with van der Waals surface area (Å²) in [4.78, 5) is 39.1. The van der Waals surface area contributed by atoms with Crippen molar-refractivity contribution in [2.24, 2.45) is 0 Å². The van der Waals surface area contributed by atoms with E-state index in [2.05, 4.69) is 0 Å². The largest absolute Gasteiger partial charge is 0.463 e. The van der Waals surface area contributed by atoms with Crippen molar-refractivity contribution >= 4 is 29.6 Å². The van der Waals surface area contributed by atoms with Gasteiger partial charge in [0.05, 0.1) is 11.9 Å². The molecule has 6 nitrogen and oxygen atoms in total. The van der Waals surface area contributed by atoms with Crippen molar-refractivity contribution in [1.29, 1.82) is 0 Å². The molecule has 0 aliphatic carbocycles. The van der Waals surface area contributed by atoms with Gasteiger partial charge in [-0.05, 0) is 26.2 Å². The number of hydrogen-bond acceptors (Lipinski definition) is 6. The molecule has 118 valence electrons. The van der Waals surface area contributed by atoms with E-state index in [1.807, 2.05) is 0 Å². The van der Waals surface area contributed by atoms with Crippen LogP contribution in [-0.2, 0) is 23.9 Å². The van der Waals surface area contributed by atoms with Crippen molar-refractivity contribution < 1.29 is 23.9 Å². The first kappa shape index (κ1) is 14.1. The molecule has 1 amide bonds. The monoisotopic (exact) mass is 323 g/mol. The highest BCUT2D eigenvalue weighted by Gasteiger charge is 2.74. The first-order valence-electron chi connectivity index (χ1n) is 7.67. The molecule has 0 radical (unpaired) electrons. The summed E-state index contributed by atoms with van der Waals surface area (Å²) in [6.07, 6.45) is 2.13. The van der Waals surface area contributed by atoms with Gasteiger partial charge in [-0.3, -0.25) is 4.79 Å². The standard InChI is InChI=1S/C15H17NO5S/c1-3-14(13(19)20-4-2)9-8(12(18)21-14)11(17)16-7-5-6-15(16)10(9)22-15/h10H,3-7H2,1-2H3. The summed E-state index contributed by atoms with van der Waals surface area (Å²) in [7, 11) is 0. The normalized spacial score (nSPS) is 38.5. The summed E-state index contributed by atoms with van der Waals surface area (Å²) < 4.78 is 10.6. The number of thioether (sulfide) groups is 1. The van der Waals surface area contributed by atoms with E-state index in [1.165, 1.54) is 0 Å². The molecule has 0 aromatic rings. The molecule has 1 spiro atoms. The zero-order chi connectivity index (χ0) is 15.7. The van der Waals surface area contributed by atoms with Crippen LogP contribution >= 0.6 is 11.8 Å². The average molecular weight is 323 g/mol. The molecule has 22 heavy (non-hydrogen) atoms. The number of carbonyl (C=O) groups excluding carboxylic acids is 3. The molecule has 4 aliphatic rings. The molecule has 2 fully saturated rings. The minimum atomic E-state index is -1.41. The highest BCUT2D eigenvalue weighted by molar-refractivity contribution is 8.09. The van der Waals surface area contributed by atoms with E-state index in [1.54, 1.807) is 30.5 Å². The SMILES string of the molecule is CCOC(=O)C1(CC)OC(=O)C2=C1C1SC13CCCN3C2=O. The third-order valence-corrected chi connectivity index (χ3v) is 6.72. The van der Waals surface area contributed by atoms with Gasteiger partial charge in [0, 0.05) is 12.1 Å². The maximum absolute atomic E-state index is 12.7. The van der Waals surface area contributed by atoms with Crippen LogP contribution in [-0.4, -0.2) is 51.6 Å². The fourth-order valence-electron chi connectivity index (χ4n) is 4.00. The molecule has 3 atom stereocenters. The van der Waals surface area contributed by atoms with Crippen LogP contribution in [0.2, 0.25) is 0 Å². The predicted octanol–water partition coefficient (Wildman–Crippen LogP) is 0.999. The van der Waals surface area contributed by atoms with E-state index in [9.17, 15) is 14.4 Å². The number of hydrogen-bond donors (Lipinski definition) is 0. The van der Waals surface area contributed by atoms with E-state index in [0.717, 1.165) is 12.8 Å². The zero-order valence-corrected chi connectivity index (χ0v) is 13.3. The Morgan fingerprint density at radius 3 is 2.91 bits per heavy atom. The highest BCUT2D eigenvalue weighted by atomic mass is 32.2. The van der Waals surface area contributed by atoms with E-state index in [-0.39, 0.29) is 34.6 Å². The van der Waals surface area contributed by atoms with Gasteiger partial charge >= 0.3 is 11.9 Å². The second-order valence-electron chi connectivity index (χ2n) is 5.98. The Morgan fingerprint density at radius 2 is 2.23 bits per heavy atom. The highest BCUT2D eigenvalue weighted by Crippen LogP contribution is 2.69.